The summed E-state index contributed by atoms with van der Waals surface area (Å²) in [4.78, 5) is 24.0. The maximum absolute atomic E-state index is 12.7. The Labute approximate surface area is 145 Å². The highest BCUT2D eigenvalue weighted by Gasteiger charge is 2.30. The topological polar surface area (TPSA) is 111 Å². The third-order valence-corrected chi connectivity index (χ3v) is 3.03. The molecular formula is C14H15F3N6O3. The first-order valence-corrected chi connectivity index (χ1v) is 7.31. The molecule has 140 valence electrons. The van der Waals surface area contributed by atoms with Crippen LogP contribution < -0.4 is 10.6 Å². The van der Waals surface area contributed by atoms with Gasteiger partial charge in [-0.15, -0.1) is 10.2 Å². The quantitative estimate of drug-likeness (QED) is 0.727. The van der Waals surface area contributed by atoms with Crippen molar-refractivity contribution in [1.29, 1.82) is 0 Å². The SMILES string of the molecule is COCCNC(=O)NC(=O)Cn1nnc(-c2cccc(C(F)(F)F)c2)n1. The maximum Gasteiger partial charge on any atom is 0.416 e. The van der Waals surface area contributed by atoms with E-state index in [1.165, 1.54) is 19.2 Å². The van der Waals surface area contributed by atoms with Gasteiger partial charge in [0.2, 0.25) is 5.82 Å². The molecule has 2 N–H and O–H groups in total. The maximum atomic E-state index is 12.7. The molecule has 0 spiro atoms. The lowest BCUT2D eigenvalue weighted by atomic mass is 10.1. The van der Waals surface area contributed by atoms with Crippen molar-refractivity contribution >= 4 is 11.9 Å². The third kappa shape index (κ3) is 5.51. The van der Waals surface area contributed by atoms with Gasteiger partial charge in [-0.1, -0.05) is 12.1 Å². The minimum absolute atomic E-state index is 0.0755. The molecule has 9 nitrogen and oxygen atoms in total. The number of nitrogens with one attached hydrogen (secondary N) is 2. The number of hydrogen-bond acceptors (Lipinski definition) is 6. The van der Waals surface area contributed by atoms with E-state index in [2.05, 4.69) is 20.7 Å². The Morgan fingerprint density at radius 2 is 2.08 bits per heavy atom. The van der Waals surface area contributed by atoms with Gasteiger partial charge >= 0.3 is 12.2 Å². The van der Waals surface area contributed by atoms with Crippen molar-refractivity contribution in [3.05, 3.63) is 29.8 Å². The van der Waals surface area contributed by atoms with E-state index < -0.39 is 30.2 Å². The predicted molar refractivity (Wildman–Crippen MR) is 81.7 cm³/mol. The molecule has 0 unspecified atom stereocenters. The van der Waals surface area contributed by atoms with Crippen LogP contribution in [0.2, 0.25) is 0 Å². The van der Waals surface area contributed by atoms with Gasteiger partial charge in [-0.25, -0.2) is 4.79 Å². The molecule has 0 radical (unpaired) electrons. The van der Waals surface area contributed by atoms with Crippen molar-refractivity contribution in [3.8, 4) is 11.4 Å². The molecule has 1 aromatic carbocycles. The molecule has 26 heavy (non-hydrogen) atoms. The lowest BCUT2D eigenvalue weighted by molar-refractivity contribution is -0.137. The van der Waals surface area contributed by atoms with Gasteiger partial charge in [0.15, 0.2) is 0 Å². The van der Waals surface area contributed by atoms with Crippen LogP contribution in [0.1, 0.15) is 5.56 Å². The first kappa shape index (κ1) is 19.3. The highest BCUT2D eigenvalue weighted by molar-refractivity contribution is 5.94. The predicted octanol–water partition coefficient (Wildman–Crippen LogP) is 0.831. The van der Waals surface area contributed by atoms with Crippen molar-refractivity contribution in [1.82, 2.24) is 30.8 Å². The van der Waals surface area contributed by atoms with Crippen LogP contribution in [0.4, 0.5) is 18.0 Å². The molecule has 0 aliphatic carbocycles. The number of urea groups is 1. The van der Waals surface area contributed by atoms with E-state index in [4.69, 9.17) is 4.74 Å². The fourth-order valence-corrected chi connectivity index (χ4v) is 1.87. The normalized spacial score (nSPS) is 11.2. The molecule has 0 saturated carbocycles. The van der Waals surface area contributed by atoms with Gasteiger partial charge in [-0.3, -0.25) is 10.1 Å². The van der Waals surface area contributed by atoms with E-state index in [1.807, 2.05) is 5.32 Å². The molecule has 3 amide bonds. The summed E-state index contributed by atoms with van der Waals surface area (Å²) < 4.78 is 42.9. The Balaban J connectivity index is 1.97. The van der Waals surface area contributed by atoms with Crippen LogP contribution in [0.15, 0.2) is 24.3 Å². The van der Waals surface area contributed by atoms with Gasteiger partial charge in [0.1, 0.15) is 6.54 Å². The second-order valence-electron chi connectivity index (χ2n) is 5.02. The summed E-state index contributed by atoms with van der Waals surface area (Å²) in [6.45, 7) is 0.0765. The van der Waals surface area contributed by atoms with Crippen molar-refractivity contribution in [2.75, 3.05) is 20.3 Å². The van der Waals surface area contributed by atoms with Crippen LogP contribution >= 0.6 is 0 Å². The van der Waals surface area contributed by atoms with E-state index in [1.54, 1.807) is 0 Å². The van der Waals surface area contributed by atoms with Gasteiger partial charge in [0.25, 0.3) is 5.91 Å². The van der Waals surface area contributed by atoms with Crippen molar-refractivity contribution in [3.63, 3.8) is 0 Å². The third-order valence-electron chi connectivity index (χ3n) is 3.03. The number of amides is 3. The Morgan fingerprint density at radius 3 is 2.77 bits per heavy atom. The highest BCUT2D eigenvalue weighted by atomic mass is 19.4. The number of nitrogens with zero attached hydrogens (tertiary/aromatic N) is 4. The summed E-state index contributed by atoms with van der Waals surface area (Å²) in [5, 5.41) is 15.5. The van der Waals surface area contributed by atoms with Gasteiger partial charge in [-0.05, 0) is 17.3 Å². The number of aromatic nitrogens is 4. The lowest BCUT2D eigenvalue weighted by Gasteiger charge is -2.06. The molecule has 1 heterocycles. The first-order chi connectivity index (χ1) is 12.3. The fourth-order valence-electron chi connectivity index (χ4n) is 1.87. The molecule has 0 aliphatic heterocycles. The summed E-state index contributed by atoms with van der Waals surface area (Å²) in [6.07, 6.45) is -4.50. The molecular weight excluding hydrogens is 357 g/mol. The second kappa shape index (κ2) is 8.38. The number of imide groups is 1. The number of alkyl halides is 3. The Morgan fingerprint density at radius 1 is 1.31 bits per heavy atom. The number of methoxy groups -OCH3 is 1. The van der Waals surface area contributed by atoms with Crippen LogP contribution in [-0.4, -0.2) is 52.4 Å². The number of ether oxygens (including phenoxy) is 1. The Hall–Kier alpha value is -3.02. The summed E-state index contributed by atoms with van der Waals surface area (Å²) in [5.74, 6) is -0.790. The zero-order valence-electron chi connectivity index (χ0n) is 13.6. The molecule has 0 saturated heterocycles. The van der Waals surface area contributed by atoms with Crippen molar-refractivity contribution < 1.29 is 27.5 Å². The number of carbonyl (C=O) groups is 2. The minimum atomic E-state index is -4.50. The summed E-state index contributed by atoms with van der Waals surface area (Å²) in [5.41, 5.74) is -0.749. The minimum Gasteiger partial charge on any atom is -0.383 e. The van der Waals surface area contributed by atoms with Gasteiger partial charge in [0.05, 0.1) is 12.2 Å². The number of hydrogen-bond donors (Lipinski definition) is 2. The Bertz CT molecular complexity index is 777. The van der Waals surface area contributed by atoms with Gasteiger partial charge in [0, 0.05) is 19.2 Å². The van der Waals surface area contributed by atoms with Crippen molar-refractivity contribution in [2.24, 2.45) is 0 Å². The second-order valence-corrected chi connectivity index (χ2v) is 5.02. The van der Waals surface area contributed by atoms with Crippen molar-refractivity contribution in [2.45, 2.75) is 12.7 Å². The van der Waals surface area contributed by atoms with E-state index in [9.17, 15) is 22.8 Å². The van der Waals surface area contributed by atoms with E-state index in [0.717, 1.165) is 16.9 Å². The molecule has 0 bridgehead atoms. The number of halogens is 3. The van der Waals surface area contributed by atoms with Gasteiger partial charge < -0.3 is 10.1 Å². The molecule has 2 rings (SSSR count). The van der Waals surface area contributed by atoms with E-state index in [0.29, 0.717) is 0 Å². The van der Waals surface area contributed by atoms with Crippen LogP contribution in [0.3, 0.4) is 0 Å². The summed E-state index contributed by atoms with van der Waals surface area (Å²) >= 11 is 0. The number of tetrazole rings is 1. The van der Waals surface area contributed by atoms with E-state index in [-0.39, 0.29) is 24.5 Å². The van der Waals surface area contributed by atoms with E-state index >= 15 is 0 Å². The standard InChI is InChI=1S/C14H15F3N6O3/c1-26-6-5-18-13(25)19-11(24)8-23-21-12(20-22-23)9-3-2-4-10(7-9)14(15,16)17/h2-4,7H,5-6,8H2,1H3,(H2,18,19,24,25). The number of benzene rings is 1. The number of carbonyl (C=O) groups excluding carboxylic acids is 2. The molecule has 12 heteroatoms. The van der Waals surface area contributed by atoms with Crippen LogP contribution in [0.25, 0.3) is 11.4 Å². The molecule has 0 atom stereocenters. The largest absolute Gasteiger partial charge is 0.416 e. The summed E-state index contributed by atoms with van der Waals surface area (Å²) in [7, 11) is 1.46. The van der Waals surface area contributed by atoms with Crippen LogP contribution in [-0.2, 0) is 22.3 Å². The molecule has 0 fully saturated rings. The lowest BCUT2D eigenvalue weighted by Crippen LogP contribution is -2.42. The monoisotopic (exact) mass is 372 g/mol. The average molecular weight is 372 g/mol. The molecule has 1 aromatic heterocycles. The Kier molecular flexibility index (Phi) is 6.22. The first-order valence-electron chi connectivity index (χ1n) is 7.31. The molecule has 2 aromatic rings. The van der Waals surface area contributed by atoms with Gasteiger partial charge in [-0.2, -0.15) is 18.0 Å². The van der Waals surface area contributed by atoms with Crippen LogP contribution in [0, 0.1) is 0 Å². The highest BCUT2D eigenvalue weighted by Crippen LogP contribution is 2.31. The fraction of sp³-hybridized carbons (Fsp3) is 0.357. The number of rotatable bonds is 6. The smallest absolute Gasteiger partial charge is 0.383 e. The average Bonchev–Trinajstić information content (AvgIpc) is 3.02. The summed E-state index contributed by atoms with van der Waals surface area (Å²) in [6, 6.07) is 3.69. The zero-order chi connectivity index (χ0) is 19.2. The zero-order valence-corrected chi connectivity index (χ0v) is 13.6. The molecule has 0 aliphatic rings. The van der Waals surface area contributed by atoms with Crippen LogP contribution in [0.5, 0.6) is 0 Å².